The first kappa shape index (κ1) is 10.6. The lowest BCUT2D eigenvalue weighted by Gasteiger charge is -2.28. The Hall–Kier alpha value is -0.500. The summed E-state index contributed by atoms with van der Waals surface area (Å²) in [4.78, 5) is 0. The van der Waals surface area contributed by atoms with Gasteiger partial charge in [-0.3, -0.25) is 0 Å². The normalized spacial score (nSPS) is 20.2. The largest absolute Gasteiger partial charge is 0.498 e. The van der Waals surface area contributed by atoms with E-state index < -0.39 is 0 Å². The lowest BCUT2D eigenvalue weighted by Crippen LogP contribution is -2.34. The molecule has 0 bridgehead atoms. The maximum absolute atomic E-state index is 5.55. The van der Waals surface area contributed by atoms with Gasteiger partial charge < -0.3 is 10.1 Å². The van der Waals surface area contributed by atoms with E-state index in [-0.39, 0.29) is 0 Å². The first-order valence-electron chi connectivity index (χ1n) is 5.11. The molecule has 1 N–H and O–H groups in total. The number of hydrogen-bond donors (Lipinski definition) is 1. The molecule has 0 aliphatic heterocycles. The van der Waals surface area contributed by atoms with Crippen LogP contribution < -0.4 is 5.32 Å². The highest BCUT2D eigenvalue weighted by Gasteiger charge is 2.33. The molecule has 13 heavy (non-hydrogen) atoms. The van der Waals surface area contributed by atoms with Crippen molar-refractivity contribution in [2.45, 2.75) is 32.6 Å². The molecule has 76 valence electrons. The number of allylic oxidation sites excluding steroid dienone is 1. The lowest BCUT2D eigenvalue weighted by atomic mass is 9.87. The molecule has 1 saturated carbocycles. The fourth-order valence-corrected chi connectivity index (χ4v) is 2.15. The van der Waals surface area contributed by atoms with E-state index in [1.807, 2.05) is 14.0 Å². The number of rotatable bonds is 5. The van der Waals surface area contributed by atoms with E-state index in [1.54, 1.807) is 0 Å². The zero-order valence-electron chi connectivity index (χ0n) is 8.86. The molecule has 0 unspecified atom stereocenters. The summed E-state index contributed by atoms with van der Waals surface area (Å²) >= 11 is 0. The van der Waals surface area contributed by atoms with Gasteiger partial charge in [-0.1, -0.05) is 19.4 Å². The Balaban J connectivity index is 2.41. The smallest absolute Gasteiger partial charge is 0.0945 e. The van der Waals surface area contributed by atoms with E-state index in [2.05, 4.69) is 11.9 Å². The van der Waals surface area contributed by atoms with Crippen LogP contribution >= 0.6 is 0 Å². The van der Waals surface area contributed by atoms with Gasteiger partial charge in [-0.05, 0) is 26.8 Å². The van der Waals surface area contributed by atoms with Crippen LogP contribution in [0.4, 0.5) is 0 Å². The van der Waals surface area contributed by atoms with Crippen LogP contribution in [0.2, 0.25) is 0 Å². The second-order valence-electron chi connectivity index (χ2n) is 4.23. The fourth-order valence-electron chi connectivity index (χ4n) is 2.15. The van der Waals surface area contributed by atoms with E-state index >= 15 is 0 Å². The second kappa shape index (κ2) is 4.66. The van der Waals surface area contributed by atoms with Crippen LogP contribution in [0.3, 0.4) is 0 Å². The van der Waals surface area contributed by atoms with Gasteiger partial charge in [-0.2, -0.15) is 0 Å². The van der Waals surface area contributed by atoms with Gasteiger partial charge in [0.2, 0.25) is 0 Å². The maximum atomic E-state index is 5.55. The summed E-state index contributed by atoms with van der Waals surface area (Å²) in [6, 6.07) is 0. The van der Waals surface area contributed by atoms with Gasteiger partial charge in [-0.15, -0.1) is 0 Å². The number of nitrogens with one attached hydrogen (secondary N) is 1. The molecule has 0 aromatic heterocycles. The molecule has 1 aliphatic carbocycles. The SMILES string of the molecule is C=C(C)OCC1(CNC)CCCC1. The summed E-state index contributed by atoms with van der Waals surface area (Å²) in [6.45, 7) is 7.59. The van der Waals surface area contributed by atoms with Crippen molar-refractivity contribution in [3.8, 4) is 0 Å². The number of hydrogen-bond acceptors (Lipinski definition) is 2. The van der Waals surface area contributed by atoms with Gasteiger partial charge >= 0.3 is 0 Å². The minimum atomic E-state index is 0.383. The van der Waals surface area contributed by atoms with Crippen LogP contribution in [0.15, 0.2) is 12.3 Å². The highest BCUT2D eigenvalue weighted by atomic mass is 16.5. The average molecular weight is 183 g/mol. The van der Waals surface area contributed by atoms with Crippen molar-refractivity contribution in [3.63, 3.8) is 0 Å². The molecular weight excluding hydrogens is 162 g/mol. The first-order valence-corrected chi connectivity index (χ1v) is 5.11. The Morgan fingerprint density at radius 2 is 2.08 bits per heavy atom. The van der Waals surface area contributed by atoms with E-state index in [0.29, 0.717) is 5.41 Å². The van der Waals surface area contributed by atoms with Crippen LogP contribution in [0.25, 0.3) is 0 Å². The van der Waals surface area contributed by atoms with Crippen molar-refractivity contribution < 1.29 is 4.74 Å². The molecule has 0 radical (unpaired) electrons. The van der Waals surface area contributed by atoms with E-state index in [0.717, 1.165) is 18.9 Å². The van der Waals surface area contributed by atoms with E-state index in [9.17, 15) is 0 Å². The molecule has 2 nitrogen and oxygen atoms in total. The van der Waals surface area contributed by atoms with Gasteiger partial charge in [-0.25, -0.2) is 0 Å². The second-order valence-corrected chi connectivity index (χ2v) is 4.23. The molecule has 1 rings (SSSR count). The highest BCUT2D eigenvalue weighted by Crippen LogP contribution is 2.38. The average Bonchev–Trinajstić information content (AvgIpc) is 2.51. The van der Waals surface area contributed by atoms with Crippen LogP contribution in [0.1, 0.15) is 32.6 Å². The van der Waals surface area contributed by atoms with Gasteiger partial charge in [0.25, 0.3) is 0 Å². The number of ether oxygens (including phenoxy) is 1. The van der Waals surface area contributed by atoms with Crippen LogP contribution in [-0.4, -0.2) is 20.2 Å². The molecule has 0 spiro atoms. The van der Waals surface area contributed by atoms with E-state index in [4.69, 9.17) is 4.74 Å². The van der Waals surface area contributed by atoms with Crippen LogP contribution in [0, 0.1) is 5.41 Å². The van der Waals surface area contributed by atoms with Crippen LogP contribution in [0.5, 0.6) is 0 Å². The standard InChI is InChI=1S/C11H21NO/c1-10(2)13-9-11(8-12-3)6-4-5-7-11/h12H,1,4-9H2,2-3H3. The molecule has 1 fully saturated rings. The molecule has 1 aliphatic rings. The van der Waals surface area contributed by atoms with Gasteiger partial charge in [0.15, 0.2) is 0 Å². The third kappa shape index (κ3) is 3.03. The summed E-state index contributed by atoms with van der Waals surface area (Å²) in [5.74, 6) is 0.836. The maximum Gasteiger partial charge on any atom is 0.0945 e. The van der Waals surface area contributed by atoms with Crippen molar-refractivity contribution in [2.75, 3.05) is 20.2 Å². The van der Waals surface area contributed by atoms with Crippen molar-refractivity contribution in [1.82, 2.24) is 5.32 Å². The Morgan fingerprint density at radius 3 is 2.54 bits per heavy atom. The molecule has 0 amide bonds. The van der Waals surface area contributed by atoms with Gasteiger partial charge in [0.1, 0.15) is 0 Å². The summed E-state index contributed by atoms with van der Waals surface area (Å²) in [6.07, 6.45) is 5.28. The molecule has 0 aromatic carbocycles. The van der Waals surface area contributed by atoms with Crippen LogP contribution in [-0.2, 0) is 4.74 Å². The Bertz CT molecular complexity index is 171. The summed E-state index contributed by atoms with van der Waals surface area (Å²) < 4.78 is 5.55. The van der Waals surface area contributed by atoms with Crippen molar-refractivity contribution >= 4 is 0 Å². The predicted molar refractivity (Wildman–Crippen MR) is 55.6 cm³/mol. The van der Waals surface area contributed by atoms with Crippen molar-refractivity contribution in [2.24, 2.45) is 5.41 Å². The lowest BCUT2D eigenvalue weighted by molar-refractivity contribution is 0.0952. The predicted octanol–water partition coefficient (Wildman–Crippen LogP) is 2.32. The molecule has 0 atom stereocenters. The summed E-state index contributed by atoms with van der Waals surface area (Å²) in [5, 5.41) is 3.26. The van der Waals surface area contributed by atoms with Crippen molar-refractivity contribution in [3.05, 3.63) is 12.3 Å². The quantitative estimate of drug-likeness (QED) is 0.660. The highest BCUT2D eigenvalue weighted by molar-refractivity contribution is 4.88. The minimum Gasteiger partial charge on any atom is -0.498 e. The zero-order chi connectivity index (χ0) is 9.73. The molecular formula is C11H21NO. The van der Waals surface area contributed by atoms with Gasteiger partial charge in [0.05, 0.1) is 12.4 Å². The Morgan fingerprint density at radius 1 is 1.46 bits per heavy atom. The minimum absolute atomic E-state index is 0.383. The molecule has 0 aromatic rings. The third-order valence-electron chi connectivity index (χ3n) is 2.84. The molecule has 0 saturated heterocycles. The fraction of sp³-hybridized carbons (Fsp3) is 0.818. The zero-order valence-corrected chi connectivity index (χ0v) is 8.86. The van der Waals surface area contributed by atoms with E-state index in [1.165, 1.54) is 25.7 Å². The topological polar surface area (TPSA) is 21.3 Å². The molecule has 2 heteroatoms. The Labute approximate surface area is 81.4 Å². The molecule has 0 heterocycles. The monoisotopic (exact) mass is 183 g/mol. The Kier molecular flexibility index (Phi) is 3.79. The third-order valence-corrected chi connectivity index (χ3v) is 2.84. The van der Waals surface area contributed by atoms with Crippen molar-refractivity contribution in [1.29, 1.82) is 0 Å². The first-order chi connectivity index (χ1) is 6.18. The summed E-state index contributed by atoms with van der Waals surface area (Å²) in [5.41, 5.74) is 0.383. The summed E-state index contributed by atoms with van der Waals surface area (Å²) in [7, 11) is 2.01. The van der Waals surface area contributed by atoms with Gasteiger partial charge in [0, 0.05) is 12.0 Å².